The average molecular weight is 268 g/mol. The van der Waals surface area contributed by atoms with Crippen LogP contribution in [-0.4, -0.2) is 9.38 Å². The predicted molar refractivity (Wildman–Crippen MR) is 87.7 cm³/mol. The number of fused-ring (bicyclic) bond motifs is 8. The summed E-state index contributed by atoms with van der Waals surface area (Å²) in [5.74, 6) is 0. The Morgan fingerprint density at radius 3 is 2.33 bits per heavy atom. The number of pyridine rings is 2. The van der Waals surface area contributed by atoms with Crippen LogP contribution in [0.2, 0.25) is 0 Å². The van der Waals surface area contributed by atoms with Crippen LogP contribution < -0.4 is 0 Å². The van der Waals surface area contributed by atoms with Gasteiger partial charge in [0.05, 0.1) is 22.1 Å². The molecule has 0 atom stereocenters. The van der Waals surface area contributed by atoms with Crippen molar-refractivity contribution in [2.24, 2.45) is 0 Å². The summed E-state index contributed by atoms with van der Waals surface area (Å²) in [5, 5.41) is 3.66. The molecule has 0 fully saturated rings. The SMILES string of the molecule is c1ccc2c(c1)cc1c3cccnc3c3ccccc3n21. The zero-order valence-electron chi connectivity index (χ0n) is 11.3. The smallest absolute Gasteiger partial charge is 0.0816 e. The van der Waals surface area contributed by atoms with Gasteiger partial charge >= 0.3 is 0 Å². The molecule has 3 aromatic heterocycles. The van der Waals surface area contributed by atoms with Crippen molar-refractivity contribution in [1.82, 2.24) is 9.38 Å². The van der Waals surface area contributed by atoms with E-state index in [9.17, 15) is 0 Å². The van der Waals surface area contributed by atoms with Gasteiger partial charge in [-0.05, 0) is 30.3 Å². The van der Waals surface area contributed by atoms with E-state index in [1.165, 1.54) is 32.7 Å². The monoisotopic (exact) mass is 268 g/mol. The first-order chi connectivity index (χ1) is 10.4. The van der Waals surface area contributed by atoms with Crippen LogP contribution in [0.3, 0.4) is 0 Å². The van der Waals surface area contributed by atoms with E-state index in [1.54, 1.807) is 0 Å². The summed E-state index contributed by atoms with van der Waals surface area (Å²) in [6, 6.07) is 23.4. The molecule has 3 heterocycles. The number of hydrogen-bond donors (Lipinski definition) is 0. The number of para-hydroxylation sites is 2. The minimum absolute atomic E-state index is 1.07. The van der Waals surface area contributed by atoms with Crippen LogP contribution in [0.4, 0.5) is 0 Å². The van der Waals surface area contributed by atoms with Gasteiger partial charge in [0.15, 0.2) is 0 Å². The highest BCUT2D eigenvalue weighted by molar-refractivity contribution is 6.13. The molecule has 0 aliphatic rings. The van der Waals surface area contributed by atoms with Crippen molar-refractivity contribution in [3.8, 4) is 0 Å². The van der Waals surface area contributed by atoms with Gasteiger partial charge < -0.3 is 4.40 Å². The zero-order valence-corrected chi connectivity index (χ0v) is 11.3. The fraction of sp³-hybridized carbons (Fsp3) is 0. The van der Waals surface area contributed by atoms with E-state index in [-0.39, 0.29) is 0 Å². The van der Waals surface area contributed by atoms with Crippen molar-refractivity contribution in [2.45, 2.75) is 0 Å². The molecule has 0 spiro atoms. The fourth-order valence-corrected chi connectivity index (χ4v) is 3.31. The van der Waals surface area contributed by atoms with Crippen LogP contribution in [0.15, 0.2) is 72.9 Å². The average Bonchev–Trinajstić information content (AvgIpc) is 2.95. The van der Waals surface area contributed by atoms with Crippen molar-refractivity contribution in [3.63, 3.8) is 0 Å². The third kappa shape index (κ3) is 1.34. The highest BCUT2D eigenvalue weighted by Gasteiger charge is 2.11. The molecule has 21 heavy (non-hydrogen) atoms. The Kier molecular flexibility index (Phi) is 1.98. The number of rotatable bonds is 0. The van der Waals surface area contributed by atoms with Crippen LogP contribution in [0.1, 0.15) is 0 Å². The molecule has 2 heteroatoms. The van der Waals surface area contributed by atoms with Gasteiger partial charge in [-0.15, -0.1) is 0 Å². The lowest BCUT2D eigenvalue weighted by Gasteiger charge is -2.08. The quantitative estimate of drug-likeness (QED) is 0.369. The van der Waals surface area contributed by atoms with Crippen molar-refractivity contribution >= 4 is 38.2 Å². The molecular formula is C19H12N2. The summed E-state index contributed by atoms with van der Waals surface area (Å²) in [4.78, 5) is 4.62. The van der Waals surface area contributed by atoms with Crippen LogP contribution in [0.5, 0.6) is 0 Å². The van der Waals surface area contributed by atoms with Gasteiger partial charge in [0.25, 0.3) is 0 Å². The molecule has 0 saturated heterocycles. The third-order valence-corrected chi connectivity index (χ3v) is 4.19. The van der Waals surface area contributed by atoms with Gasteiger partial charge in [-0.2, -0.15) is 0 Å². The van der Waals surface area contributed by atoms with Gasteiger partial charge in [0.2, 0.25) is 0 Å². The second-order valence-corrected chi connectivity index (χ2v) is 5.34. The van der Waals surface area contributed by atoms with E-state index in [4.69, 9.17) is 0 Å². The lowest BCUT2D eigenvalue weighted by molar-refractivity contribution is 1.33. The molecule has 5 rings (SSSR count). The summed E-state index contributed by atoms with van der Waals surface area (Å²) in [7, 11) is 0. The van der Waals surface area contributed by atoms with E-state index < -0.39 is 0 Å². The lowest BCUT2D eigenvalue weighted by atomic mass is 10.1. The minimum Gasteiger partial charge on any atom is -0.309 e. The van der Waals surface area contributed by atoms with E-state index >= 15 is 0 Å². The first kappa shape index (κ1) is 10.9. The Labute approximate surface area is 121 Å². The Hall–Kier alpha value is -2.87. The van der Waals surface area contributed by atoms with Crippen molar-refractivity contribution in [3.05, 3.63) is 72.9 Å². The highest BCUT2D eigenvalue weighted by atomic mass is 14.9. The minimum atomic E-state index is 1.07. The van der Waals surface area contributed by atoms with Crippen LogP contribution in [0.25, 0.3) is 38.2 Å². The fourth-order valence-electron chi connectivity index (χ4n) is 3.31. The summed E-state index contributed by atoms with van der Waals surface area (Å²) in [6.45, 7) is 0. The predicted octanol–water partition coefficient (Wildman–Crippen LogP) is 4.79. The normalized spacial score (nSPS) is 11.8. The summed E-state index contributed by atoms with van der Waals surface area (Å²) in [5.41, 5.74) is 4.75. The summed E-state index contributed by atoms with van der Waals surface area (Å²) >= 11 is 0. The standard InChI is InChI=1S/C19H12N2/c1-3-9-16-13(6-1)12-18-15-8-5-11-20-19(15)14-7-2-4-10-17(14)21(16)18/h1-12H. The molecule has 0 radical (unpaired) electrons. The Morgan fingerprint density at radius 1 is 0.667 bits per heavy atom. The van der Waals surface area contributed by atoms with Crippen molar-refractivity contribution < 1.29 is 0 Å². The highest BCUT2D eigenvalue weighted by Crippen LogP contribution is 2.32. The molecule has 0 aliphatic carbocycles. The van der Waals surface area contributed by atoms with Crippen molar-refractivity contribution in [1.29, 1.82) is 0 Å². The molecule has 0 amide bonds. The van der Waals surface area contributed by atoms with Gasteiger partial charge in [-0.25, -0.2) is 0 Å². The summed E-state index contributed by atoms with van der Waals surface area (Å²) < 4.78 is 2.34. The molecule has 5 aromatic rings. The molecule has 2 aromatic carbocycles. The molecule has 0 saturated carbocycles. The first-order valence-electron chi connectivity index (χ1n) is 7.09. The number of nitrogens with zero attached hydrogens (tertiary/aromatic N) is 2. The first-order valence-corrected chi connectivity index (χ1v) is 7.09. The molecule has 0 bridgehead atoms. The lowest BCUT2D eigenvalue weighted by Crippen LogP contribution is -1.91. The van der Waals surface area contributed by atoms with E-state index in [2.05, 4.69) is 70.0 Å². The van der Waals surface area contributed by atoms with Gasteiger partial charge in [0.1, 0.15) is 0 Å². The second-order valence-electron chi connectivity index (χ2n) is 5.34. The maximum Gasteiger partial charge on any atom is 0.0816 e. The van der Waals surface area contributed by atoms with E-state index in [0.717, 1.165) is 5.52 Å². The Morgan fingerprint density at radius 2 is 1.38 bits per heavy atom. The van der Waals surface area contributed by atoms with Gasteiger partial charge in [-0.3, -0.25) is 4.98 Å². The van der Waals surface area contributed by atoms with Gasteiger partial charge in [0, 0.05) is 22.4 Å². The number of aromatic nitrogens is 2. The molecule has 2 nitrogen and oxygen atoms in total. The van der Waals surface area contributed by atoms with Crippen LogP contribution in [0, 0.1) is 0 Å². The molecule has 98 valence electrons. The largest absolute Gasteiger partial charge is 0.309 e. The zero-order chi connectivity index (χ0) is 13.8. The third-order valence-electron chi connectivity index (χ3n) is 4.19. The summed E-state index contributed by atoms with van der Waals surface area (Å²) in [6.07, 6.45) is 1.87. The Balaban J connectivity index is 2.25. The van der Waals surface area contributed by atoms with E-state index in [1.807, 2.05) is 12.3 Å². The number of benzene rings is 2. The van der Waals surface area contributed by atoms with Crippen molar-refractivity contribution in [2.75, 3.05) is 0 Å². The second kappa shape index (κ2) is 3.83. The van der Waals surface area contributed by atoms with E-state index in [0.29, 0.717) is 0 Å². The van der Waals surface area contributed by atoms with Crippen LogP contribution in [-0.2, 0) is 0 Å². The topological polar surface area (TPSA) is 17.3 Å². The van der Waals surface area contributed by atoms with Crippen LogP contribution >= 0.6 is 0 Å². The molecule has 0 N–H and O–H groups in total. The molecular weight excluding hydrogens is 256 g/mol. The number of hydrogen-bond acceptors (Lipinski definition) is 1. The maximum atomic E-state index is 4.62. The molecule has 0 unspecified atom stereocenters. The van der Waals surface area contributed by atoms with Gasteiger partial charge in [-0.1, -0.05) is 36.4 Å². The molecule has 0 aliphatic heterocycles. The Bertz CT molecular complexity index is 1140. The maximum absolute atomic E-state index is 4.62.